The van der Waals surface area contributed by atoms with Crippen molar-refractivity contribution in [2.75, 3.05) is 13.2 Å². The minimum absolute atomic E-state index is 0.217. The van der Waals surface area contributed by atoms with Gasteiger partial charge in [-0.3, -0.25) is 0 Å². The van der Waals surface area contributed by atoms with Crippen LogP contribution >= 0.6 is 0 Å². The number of rotatable bonds is 5. The van der Waals surface area contributed by atoms with E-state index in [-0.39, 0.29) is 13.2 Å². The normalized spacial score (nSPS) is 12.9. The van der Waals surface area contributed by atoms with Gasteiger partial charge in [-0.15, -0.1) is 0 Å². The first-order valence-electron chi connectivity index (χ1n) is 7.45. The second kappa shape index (κ2) is 8.26. The molecular weight excluding hydrogens is 284 g/mol. The van der Waals surface area contributed by atoms with Crippen LogP contribution in [0.4, 0.5) is 9.59 Å². The van der Waals surface area contributed by atoms with E-state index in [0.29, 0.717) is 6.42 Å². The van der Waals surface area contributed by atoms with Crippen LogP contribution in [0.1, 0.15) is 39.7 Å². The molecule has 6 nitrogen and oxygen atoms in total. The highest BCUT2D eigenvalue weighted by molar-refractivity contribution is 5.75. The summed E-state index contributed by atoms with van der Waals surface area (Å²) in [6.45, 7) is 7.65. The number of hydrogen-bond donors (Lipinski definition) is 1. The molecule has 0 aromatic heterocycles. The fourth-order valence-electron chi connectivity index (χ4n) is 2.10. The number of benzene rings is 1. The topological polar surface area (TPSA) is 67.9 Å². The van der Waals surface area contributed by atoms with E-state index in [1.807, 2.05) is 44.2 Å². The van der Waals surface area contributed by atoms with Crippen LogP contribution in [-0.2, 0) is 15.0 Å². The van der Waals surface area contributed by atoms with Crippen LogP contribution in [0.3, 0.4) is 0 Å². The van der Waals surface area contributed by atoms with Crippen molar-refractivity contribution in [3.63, 3.8) is 0 Å². The molecule has 0 aliphatic heterocycles. The molecule has 0 bridgehead atoms. The lowest BCUT2D eigenvalue weighted by Crippen LogP contribution is -2.57. The van der Waals surface area contributed by atoms with Crippen LogP contribution in [0, 0.1) is 0 Å². The molecule has 2 amide bonds. The monoisotopic (exact) mass is 308 g/mol. The lowest BCUT2D eigenvalue weighted by Gasteiger charge is -2.39. The molecule has 0 saturated carbocycles. The van der Waals surface area contributed by atoms with Crippen LogP contribution < -0.4 is 5.43 Å². The Bertz CT molecular complexity index is 492. The van der Waals surface area contributed by atoms with E-state index in [4.69, 9.17) is 9.47 Å². The Labute approximate surface area is 131 Å². The molecule has 1 atom stereocenters. The third kappa shape index (κ3) is 4.13. The molecule has 1 unspecified atom stereocenters. The van der Waals surface area contributed by atoms with Gasteiger partial charge in [-0.1, -0.05) is 37.3 Å². The summed E-state index contributed by atoms with van der Waals surface area (Å²) >= 11 is 0. The molecule has 0 fully saturated rings. The molecule has 0 aliphatic carbocycles. The summed E-state index contributed by atoms with van der Waals surface area (Å²) in [6, 6.07) is 9.48. The quantitative estimate of drug-likeness (QED) is 0.846. The Morgan fingerprint density at radius 1 is 1.09 bits per heavy atom. The fourth-order valence-corrected chi connectivity index (χ4v) is 2.10. The Kier molecular flexibility index (Phi) is 6.69. The van der Waals surface area contributed by atoms with E-state index in [0.717, 1.165) is 5.56 Å². The first-order chi connectivity index (χ1) is 10.5. The largest absolute Gasteiger partial charge is 0.449 e. The summed E-state index contributed by atoms with van der Waals surface area (Å²) in [6.07, 6.45) is -0.725. The Morgan fingerprint density at radius 2 is 1.68 bits per heavy atom. The minimum atomic E-state index is -0.750. The van der Waals surface area contributed by atoms with Gasteiger partial charge in [-0.05, 0) is 32.8 Å². The molecule has 122 valence electrons. The lowest BCUT2D eigenvalue weighted by molar-refractivity contribution is 0.0189. The lowest BCUT2D eigenvalue weighted by atomic mass is 9.89. The van der Waals surface area contributed by atoms with Crippen LogP contribution in [0.2, 0.25) is 0 Å². The van der Waals surface area contributed by atoms with Gasteiger partial charge in [0.1, 0.15) is 0 Å². The SMILES string of the molecule is CCOC(=O)NN(C(=O)OCC)C(C)(CC)c1ccccc1. The highest BCUT2D eigenvalue weighted by Gasteiger charge is 2.38. The predicted octanol–water partition coefficient (Wildman–Crippen LogP) is 3.43. The number of ether oxygens (including phenoxy) is 2. The summed E-state index contributed by atoms with van der Waals surface area (Å²) in [5, 5.41) is 1.20. The summed E-state index contributed by atoms with van der Waals surface area (Å²) in [4.78, 5) is 24.1. The summed E-state index contributed by atoms with van der Waals surface area (Å²) in [7, 11) is 0. The van der Waals surface area contributed by atoms with Crippen molar-refractivity contribution in [1.82, 2.24) is 10.4 Å². The number of carbonyl (C=O) groups is 2. The molecule has 0 spiro atoms. The maximum Gasteiger partial charge on any atom is 0.429 e. The van der Waals surface area contributed by atoms with Gasteiger partial charge in [0.05, 0.1) is 18.8 Å². The molecule has 0 aliphatic rings. The molecule has 6 heteroatoms. The number of nitrogens with zero attached hydrogens (tertiary/aromatic N) is 1. The van der Waals surface area contributed by atoms with Gasteiger partial charge in [0, 0.05) is 0 Å². The molecule has 1 rings (SSSR count). The zero-order valence-corrected chi connectivity index (χ0v) is 13.6. The molecule has 1 N–H and O–H groups in total. The van der Waals surface area contributed by atoms with Gasteiger partial charge >= 0.3 is 12.2 Å². The van der Waals surface area contributed by atoms with E-state index in [1.54, 1.807) is 13.8 Å². The van der Waals surface area contributed by atoms with Crippen molar-refractivity contribution in [2.45, 2.75) is 39.7 Å². The van der Waals surface area contributed by atoms with Crippen molar-refractivity contribution in [2.24, 2.45) is 0 Å². The Morgan fingerprint density at radius 3 is 2.18 bits per heavy atom. The van der Waals surface area contributed by atoms with Crippen LogP contribution in [0.15, 0.2) is 30.3 Å². The summed E-state index contributed by atoms with van der Waals surface area (Å²) in [5.41, 5.74) is 2.63. The third-order valence-electron chi connectivity index (χ3n) is 3.51. The standard InChI is InChI=1S/C16H24N2O4/c1-5-16(4,13-11-9-8-10-12-13)18(15(20)22-7-3)17-14(19)21-6-2/h8-12H,5-7H2,1-4H3,(H,17,19). The van der Waals surface area contributed by atoms with Gasteiger partial charge in [0.2, 0.25) is 0 Å². The van der Waals surface area contributed by atoms with Gasteiger partial charge in [-0.2, -0.15) is 0 Å². The minimum Gasteiger partial charge on any atom is -0.449 e. The number of amides is 2. The summed E-state index contributed by atoms with van der Waals surface area (Å²) < 4.78 is 9.95. The smallest absolute Gasteiger partial charge is 0.429 e. The zero-order valence-electron chi connectivity index (χ0n) is 13.6. The fraction of sp³-hybridized carbons (Fsp3) is 0.500. The van der Waals surface area contributed by atoms with Crippen LogP contribution in [-0.4, -0.2) is 30.4 Å². The first-order valence-corrected chi connectivity index (χ1v) is 7.45. The number of nitrogens with one attached hydrogen (secondary N) is 1. The van der Waals surface area contributed by atoms with E-state index in [1.165, 1.54) is 5.01 Å². The molecule has 0 radical (unpaired) electrons. The maximum atomic E-state index is 12.3. The van der Waals surface area contributed by atoms with E-state index in [2.05, 4.69) is 5.43 Å². The van der Waals surface area contributed by atoms with Crippen molar-refractivity contribution in [1.29, 1.82) is 0 Å². The average molecular weight is 308 g/mol. The molecule has 1 aromatic rings. The molecular formula is C16H24N2O4. The molecule has 22 heavy (non-hydrogen) atoms. The third-order valence-corrected chi connectivity index (χ3v) is 3.51. The zero-order chi connectivity index (χ0) is 16.6. The molecule has 1 aromatic carbocycles. The van der Waals surface area contributed by atoms with Crippen molar-refractivity contribution in [3.05, 3.63) is 35.9 Å². The Hall–Kier alpha value is -2.24. The second-order valence-corrected chi connectivity index (χ2v) is 4.86. The molecule has 0 heterocycles. The van der Waals surface area contributed by atoms with Crippen LogP contribution in [0.25, 0.3) is 0 Å². The number of hydrazine groups is 1. The highest BCUT2D eigenvalue weighted by Crippen LogP contribution is 2.31. The Balaban J connectivity index is 3.15. The first kappa shape index (κ1) is 17.8. The maximum absolute atomic E-state index is 12.3. The van der Waals surface area contributed by atoms with Gasteiger partial charge in [0.15, 0.2) is 0 Å². The predicted molar refractivity (Wildman–Crippen MR) is 83.1 cm³/mol. The average Bonchev–Trinajstić information content (AvgIpc) is 2.53. The summed E-state index contributed by atoms with van der Waals surface area (Å²) in [5.74, 6) is 0. The molecule has 0 saturated heterocycles. The van der Waals surface area contributed by atoms with Gasteiger partial charge in [0.25, 0.3) is 0 Å². The van der Waals surface area contributed by atoms with E-state index >= 15 is 0 Å². The van der Waals surface area contributed by atoms with E-state index in [9.17, 15) is 9.59 Å². The second-order valence-electron chi connectivity index (χ2n) is 4.86. The van der Waals surface area contributed by atoms with Crippen molar-refractivity contribution < 1.29 is 19.1 Å². The van der Waals surface area contributed by atoms with Crippen molar-refractivity contribution in [3.8, 4) is 0 Å². The van der Waals surface area contributed by atoms with Gasteiger partial charge < -0.3 is 9.47 Å². The van der Waals surface area contributed by atoms with E-state index < -0.39 is 17.7 Å². The number of hydrogen-bond acceptors (Lipinski definition) is 4. The van der Waals surface area contributed by atoms with Gasteiger partial charge in [-0.25, -0.2) is 20.0 Å². The highest BCUT2D eigenvalue weighted by atomic mass is 16.6. The van der Waals surface area contributed by atoms with Crippen LogP contribution in [0.5, 0.6) is 0 Å². The van der Waals surface area contributed by atoms with Crippen molar-refractivity contribution >= 4 is 12.2 Å². The number of carbonyl (C=O) groups excluding carboxylic acids is 2.